The lowest BCUT2D eigenvalue weighted by atomic mass is 9.90. The lowest BCUT2D eigenvalue weighted by Crippen LogP contribution is -2.30. The molecule has 0 heterocycles. The van der Waals surface area contributed by atoms with Crippen LogP contribution in [0, 0.1) is 11.8 Å². The summed E-state index contributed by atoms with van der Waals surface area (Å²) in [5, 5.41) is 30.5. The van der Waals surface area contributed by atoms with Crippen molar-refractivity contribution in [2.75, 3.05) is 26.4 Å². The second-order valence-corrected chi connectivity index (χ2v) is 18.8. The molecule has 62 heavy (non-hydrogen) atoms. The summed E-state index contributed by atoms with van der Waals surface area (Å²) in [6.07, 6.45) is 26.4. The molecule has 0 aromatic heterocycles. The lowest BCUT2D eigenvalue weighted by Gasteiger charge is -2.20. The Morgan fingerprint density at radius 1 is 0.694 bits per heavy atom. The zero-order chi connectivity index (χ0) is 46.1. The van der Waals surface area contributed by atoms with E-state index in [-0.39, 0.29) is 31.0 Å². The summed E-state index contributed by atoms with van der Waals surface area (Å²) in [4.78, 5) is 65.5. The Bertz CT molecular complexity index is 1400. The maximum Gasteiger partial charge on any atom is 0.472 e. The highest BCUT2D eigenvalue weighted by molar-refractivity contribution is 7.47. The van der Waals surface area contributed by atoms with Gasteiger partial charge in [0.25, 0.3) is 0 Å². The number of rotatable bonds is 39. The monoisotopic (exact) mass is 924 g/mol. The molecule has 0 radical (unpaired) electrons. The molecule has 1 fully saturated rings. The molecule has 6 N–H and O–H groups in total. The van der Waals surface area contributed by atoms with E-state index in [2.05, 4.69) is 35.0 Å². The van der Waals surface area contributed by atoms with Crippen molar-refractivity contribution in [3.8, 4) is 0 Å². The van der Waals surface area contributed by atoms with E-state index in [9.17, 15) is 43.7 Å². The molecule has 360 valence electrons. The van der Waals surface area contributed by atoms with Gasteiger partial charge in [-0.05, 0) is 57.8 Å². The second kappa shape index (κ2) is 35.2. The van der Waals surface area contributed by atoms with Crippen molar-refractivity contribution >= 4 is 33.4 Å². The summed E-state index contributed by atoms with van der Waals surface area (Å²) in [5.41, 5.74) is 0. The molecular formula is C44H78O16P2. The SMILES string of the molecule is CCCCCCCC/C=C\CCCCCCCC(=O)O[C@H](COC(=O)CCC/C=C\C[C@H]1C(=O)C[C@@H](O)[C@@H]1/C=C/[C@@H](O)CCCCC)COP(=O)(O)OC[C@@H](O)COP(=O)(O)O. The van der Waals surface area contributed by atoms with Gasteiger partial charge in [0.15, 0.2) is 6.10 Å². The van der Waals surface area contributed by atoms with Crippen LogP contribution in [-0.2, 0) is 46.6 Å². The van der Waals surface area contributed by atoms with Crippen molar-refractivity contribution in [3.63, 3.8) is 0 Å². The minimum Gasteiger partial charge on any atom is -0.462 e. The molecule has 0 aromatic rings. The van der Waals surface area contributed by atoms with Gasteiger partial charge in [0.05, 0.1) is 32.0 Å². The molecule has 0 bridgehead atoms. The zero-order valence-electron chi connectivity index (χ0n) is 37.2. The van der Waals surface area contributed by atoms with Crippen LogP contribution in [0.1, 0.15) is 162 Å². The maximum absolute atomic E-state index is 12.7. The van der Waals surface area contributed by atoms with Crippen LogP contribution in [0.5, 0.6) is 0 Å². The van der Waals surface area contributed by atoms with E-state index in [1.165, 1.54) is 38.5 Å². The smallest absolute Gasteiger partial charge is 0.462 e. The van der Waals surface area contributed by atoms with E-state index < -0.39 is 84.3 Å². The molecule has 16 nitrogen and oxygen atoms in total. The molecule has 1 saturated carbocycles. The molecule has 1 rings (SSSR count). The molecule has 0 aliphatic heterocycles. The Kier molecular flexibility index (Phi) is 32.9. The normalized spacial score (nSPS) is 19.7. The van der Waals surface area contributed by atoms with Crippen LogP contribution < -0.4 is 0 Å². The summed E-state index contributed by atoms with van der Waals surface area (Å²) >= 11 is 0. The van der Waals surface area contributed by atoms with E-state index in [0.717, 1.165) is 57.8 Å². The lowest BCUT2D eigenvalue weighted by molar-refractivity contribution is -0.161. The number of unbranched alkanes of at least 4 members (excludes halogenated alkanes) is 14. The zero-order valence-corrected chi connectivity index (χ0v) is 39.0. The van der Waals surface area contributed by atoms with Crippen LogP contribution in [0.15, 0.2) is 36.5 Å². The van der Waals surface area contributed by atoms with Crippen LogP contribution >= 0.6 is 15.6 Å². The predicted octanol–water partition coefficient (Wildman–Crippen LogP) is 8.26. The Hall–Kier alpha value is -2.07. The number of phosphoric ester groups is 2. The third-order valence-corrected chi connectivity index (χ3v) is 11.8. The van der Waals surface area contributed by atoms with Gasteiger partial charge in [0, 0.05) is 31.1 Å². The van der Waals surface area contributed by atoms with Gasteiger partial charge in [-0.2, -0.15) is 0 Å². The van der Waals surface area contributed by atoms with E-state index in [0.29, 0.717) is 32.1 Å². The maximum atomic E-state index is 12.7. The van der Waals surface area contributed by atoms with Crippen LogP contribution in [0.25, 0.3) is 0 Å². The van der Waals surface area contributed by atoms with Gasteiger partial charge < -0.3 is 39.5 Å². The molecule has 0 spiro atoms. The first-order chi connectivity index (χ1) is 29.6. The summed E-state index contributed by atoms with van der Waals surface area (Å²) in [6.45, 7) is 1.34. The minimum atomic E-state index is -4.90. The number of ketones is 1. The van der Waals surface area contributed by atoms with Crippen LogP contribution in [0.3, 0.4) is 0 Å². The summed E-state index contributed by atoms with van der Waals surface area (Å²) < 4.78 is 47.7. The molecule has 1 aliphatic carbocycles. The molecule has 1 unspecified atom stereocenters. The van der Waals surface area contributed by atoms with E-state index >= 15 is 0 Å². The Labute approximate surface area is 369 Å². The van der Waals surface area contributed by atoms with Gasteiger partial charge in [-0.3, -0.25) is 28.0 Å². The standard InChI is InChI=1S/C44H78O16P2/c1-3-5-7-8-9-10-11-12-13-14-15-16-17-18-24-28-44(50)60-38(35-59-62(54,55)58-33-37(46)32-57-61(51,52)53)34-56-43(49)27-23-20-19-22-26-39-40(42(48)31-41(39)47)30-29-36(45)25-21-6-4-2/h12-13,19,22,29-30,36-40,42,45-46,48H,3-11,14-18,20-21,23-28,31-35H2,1-2H3,(H,54,55)(H2,51,52,53)/b13-12-,22-19-,30-29+/t36-,37-,38+,39+,40+,42+/m0/s1. The van der Waals surface area contributed by atoms with Crippen molar-refractivity contribution in [1.29, 1.82) is 0 Å². The van der Waals surface area contributed by atoms with Crippen molar-refractivity contribution in [1.82, 2.24) is 0 Å². The van der Waals surface area contributed by atoms with Crippen LogP contribution in [0.2, 0.25) is 0 Å². The van der Waals surface area contributed by atoms with Crippen molar-refractivity contribution in [3.05, 3.63) is 36.5 Å². The Morgan fingerprint density at radius 3 is 1.90 bits per heavy atom. The molecule has 7 atom stereocenters. The summed E-state index contributed by atoms with van der Waals surface area (Å²) in [6, 6.07) is 0. The average Bonchev–Trinajstić information content (AvgIpc) is 3.49. The summed E-state index contributed by atoms with van der Waals surface area (Å²) in [5.74, 6) is -2.07. The number of Topliss-reactive ketones (excluding diaryl/α,β-unsaturated/α-hetero) is 1. The first kappa shape index (κ1) is 57.9. The van der Waals surface area contributed by atoms with Crippen LogP contribution in [0.4, 0.5) is 0 Å². The third-order valence-electron chi connectivity index (χ3n) is 10.4. The van der Waals surface area contributed by atoms with E-state index in [1.807, 2.05) is 12.2 Å². The summed E-state index contributed by atoms with van der Waals surface area (Å²) in [7, 11) is -9.77. The highest BCUT2D eigenvalue weighted by Crippen LogP contribution is 2.44. The fourth-order valence-corrected chi connectivity index (χ4v) is 7.95. The molecule has 0 saturated heterocycles. The number of aliphatic hydroxyl groups is 3. The van der Waals surface area contributed by atoms with Crippen LogP contribution in [-0.4, -0.2) is 98.6 Å². The number of ether oxygens (including phenoxy) is 2. The van der Waals surface area contributed by atoms with Gasteiger partial charge in [-0.1, -0.05) is 121 Å². The third kappa shape index (κ3) is 31.7. The highest BCUT2D eigenvalue weighted by atomic mass is 31.2. The Morgan fingerprint density at radius 2 is 1.24 bits per heavy atom. The topological polar surface area (TPSA) is 253 Å². The van der Waals surface area contributed by atoms with Gasteiger partial charge in [0.1, 0.15) is 18.5 Å². The minimum absolute atomic E-state index is 0.000684. The number of carbonyl (C=O) groups excluding carboxylic acids is 3. The van der Waals surface area contributed by atoms with Gasteiger partial charge in [0.2, 0.25) is 0 Å². The van der Waals surface area contributed by atoms with E-state index in [4.69, 9.17) is 23.8 Å². The fraction of sp³-hybridized carbons (Fsp3) is 0.795. The second-order valence-electron chi connectivity index (χ2n) is 16.1. The number of allylic oxidation sites excluding steroid dienone is 4. The number of phosphoric acid groups is 2. The largest absolute Gasteiger partial charge is 0.472 e. The van der Waals surface area contributed by atoms with Gasteiger partial charge in [-0.15, -0.1) is 0 Å². The molecule has 18 heteroatoms. The molecule has 0 amide bonds. The quantitative estimate of drug-likeness (QED) is 0.0147. The predicted molar refractivity (Wildman–Crippen MR) is 236 cm³/mol. The van der Waals surface area contributed by atoms with Crippen molar-refractivity contribution in [2.45, 2.75) is 186 Å². The Balaban J connectivity index is 2.57. The number of hydrogen-bond donors (Lipinski definition) is 6. The molecular weight excluding hydrogens is 846 g/mol. The van der Waals surface area contributed by atoms with E-state index in [1.54, 1.807) is 12.2 Å². The number of aliphatic hydroxyl groups excluding tert-OH is 3. The highest BCUT2D eigenvalue weighted by Gasteiger charge is 2.39. The van der Waals surface area contributed by atoms with Crippen molar-refractivity contribution < 1.29 is 76.6 Å². The number of hydrogen-bond acceptors (Lipinski definition) is 13. The first-order valence-corrected chi connectivity index (χ1v) is 25.8. The van der Waals surface area contributed by atoms with Gasteiger partial charge >= 0.3 is 27.6 Å². The number of carbonyl (C=O) groups is 3. The number of esters is 2. The van der Waals surface area contributed by atoms with Crippen molar-refractivity contribution in [2.24, 2.45) is 11.8 Å². The van der Waals surface area contributed by atoms with Gasteiger partial charge in [-0.25, -0.2) is 9.13 Å². The molecule has 1 aliphatic rings. The average molecular weight is 925 g/mol. The first-order valence-electron chi connectivity index (χ1n) is 22.8. The molecule has 0 aromatic carbocycles. The fourth-order valence-electron chi connectivity index (χ4n) is 6.79.